The molecule has 0 bridgehead atoms. The molecule has 259 valence electrons. The number of aliphatic hydroxyl groups is 1. The van der Waals surface area contributed by atoms with Crippen LogP contribution in [0.2, 0.25) is 0 Å². The van der Waals surface area contributed by atoms with Crippen LogP contribution in [0.1, 0.15) is 91.0 Å². The number of hydrogen-bond donors (Lipinski definition) is 1. The molecule has 0 saturated heterocycles. The molecule has 0 aliphatic heterocycles. The van der Waals surface area contributed by atoms with E-state index in [-0.39, 0.29) is 48.9 Å². The number of carbonyl (C=O) groups excluding carboxylic acids is 1. The second-order valence-electron chi connectivity index (χ2n) is 14.6. The molecule has 2 heterocycles. The molecule has 0 amide bonds. The number of carbonyl (C=O) groups is 1. The normalized spacial score (nSPS) is 12.3. The minimum atomic E-state index is 0. The van der Waals surface area contributed by atoms with E-state index in [0.717, 1.165) is 65.7 Å². The predicted octanol–water partition coefficient (Wildman–Crippen LogP) is 12.1. The zero-order chi connectivity index (χ0) is 34.7. The van der Waals surface area contributed by atoms with Crippen LogP contribution in [0.15, 0.2) is 72.5 Å². The van der Waals surface area contributed by atoms with E-state index in [9.17, 15) is 9.90 Å². The van der Waals surface area contributed by atoms with Crippen molar-refractivity contribution in [2.75, 3.05) is 0 Å². The van der Waals surface area contributed by atoms with Crippen LogP contribution in [-0.4, -0.2) is 20.9 Å². The Hall–Kier alpha value is -3.66. The van der Waals surface area contributed by atoms with Gasteiger partial charge in [0.2, 0.25) is 0 Å². The average molecular weight is 832 g/mol. The minimum absolute atomic E-state index is 0. The summed E-state index contributed by atoms with van der Waals surface area (Å²) < 4.78 is 0. The van der Waals surface area contributed by atoms with Crippen molar-refractivity contribution < 1.29 is 30.0 Å². The van der Waals surface area contributed by atoms with Gasteiger partial charge in [-0.1, -0.05) is 92.6 Å². The second kappa shape index (κ2) is 15.9. The summed E-state index contributed by atoms with van der Waals surface area (Å²) >= 11 is 0. The fourth-order valence-electron chi connectivity index (χ4n) is 7.09. The van der Waals surface area contributed by atoms with E-state index in [1.54, 1.807) is 0 Å². The van der Waals surface area contributed by atoms with Crippen molar-refractivity contribution in [3.63, 3.8) is 0 Å². The number of allylic oxidation sites excluding steroid dienone is 2. The van der Waals surface area contributed by atoms with Gasteiger partial charge in [-0.25, -0.2) is 0 Å². The third-order valence-electron chi connectivity index (χ3n) is 9.52. The quantitative estimate of drug-likeness (QED) is 0.0518. The minimum Gasteiger partial charge on any atom is -0.512 e. The Morgan fingerprint density at radius 3 is 1.86 bits per heavy atom. The number of aryl methyl sites for hydroxylation is 2. The van der Waals surface area contributed by atoms with E-state index in [4.69, 9.17) is 9.97 Å². The summed E-state index contributed by atoms with van der Waals surface area (Å²) in [6, 6.07) is 25.4. The Morgan fingerprint density at radius 2 is 1.33 bits per heavy atom. The van der Waals surface area contributed by atoms with E-state index in [2.05, 4.69) is 101 Å². The number of pyridine rings is 2. The molecule has 2 aromatic heterocycles. The second-order valence-corrected chi connectivity index (χ2v) is 14.6. The number of aliphatic hydroxyl groups excluding tert-OH is 1. The predicted molar refractivity (Wildman–Crippen MR) is 204 cm³/mol. The molecule has 6 aromatic rings. The molecule has 0 aliphatic carbocycles. The monoisotopic (exact) mass is 832 g/mol. The largest absolute Gasteiger partial charge is 0.512 e. The summed E-state index contributed by atoms with van der Waals surface area (Å²) in [5.74, 6) is 0.547. The molecule has 0 unspecified atom stereocenters. The molecule has 1 radical (unpaired) electrons. The Balaban J connectivity index is 0.000000290. The van der Waals surface area contributed by atoms with Crippen LogP contribution in [0, 0.1) is 37.2 Å². The van der Waals surface area contributed by atoms with Crippen LogP contribution >= 0.6 is 0 Å². The number of hydrogen-bond acceptors (Lipinski definition) is 4. The fraction of sp³-hybridized carbons (Fsp3) is 0.386. The fourth-order valence-corrected chi connectivity index (χ4v) is 7.09. The molecule has 49 heavy (non-hydrogen) atoms. The molecule has 0 saturated carbocycles. The van der Waals surface area contributed by atoms with Gasteiger partial charge < -0.3 is 5.11 Å². The number of fused-ring (bicyclic) bond motifs is 2. The number of rotatable bonds is 9. The average Bonchev–Trinajstić information content (AvgIpc) is 3.03. The third kappa shape index (κ3) is 8.39. The van der Waals surface area contributed by atoms with E-state index >= 15 is 0 Å². The van der Waals surface area contributed by atoms with Crippen molar-refractivity contribution in [1.82, 2.24) is 9.97 Å². The van der Waals surface area contributed by atoms with Gasteiger partial charge in [-0.05, 0) is 83.0 Å². The standard InChI is InChI=1S/C31H27N2.C13H24O2.Ir/c1-18-12-19(2)14-20(13-18)28-16-25-24-15-21(17-31(3,4)5)32-26-10-6-8-22(29(24)26)23-9-7-11-27(33-28)30(23)25;1-5-10(6-2)12(14)9-13(15)11(7-3)8-4;/h6-13,15-16H,17H2,1-5H3;9-11,14H,5-8H2,1-4H3;/q-1;;/b;12-9-;. The van der Waals surface area contributed by atoms with Gasteiger partial charge in [-0.2, -0.15) is 0 Å². The van der Waals surface area contributed by atoms with Crippen molar-refractivity contribution in [2.45, 2.75) is 94.4 Å². The first-order valence-corrected chi connectivity index (χ1v) is 17.7. The van der Waals surface area contributed by atoms with Gasteiger partial charge in [0.05, 0.1) is 16.8 Å². The van der Waals surface area contributed by atoms with Crippen molar-refractivity contribution in [1.29, 1.82) is 0 Å². The van der Waals surface area contributed by atoms with Crippen LogP contribution in [0.4, 0.5) is 0 Å². The van der Waals surface area contributed by atoms with Gasteiger partial charge in [0.1, 0.15) is 0 Å². The van der Waals surface area contributed by atoms with Crippen molar-refractivity contribution in [3.8, 4) is 11.3 Å². The van der Waals surface area contributed by atoms with Crippen molar-refractivity contribution in [2.24, 2.45) is 17.3 Å². The number of ketones is 1. The molecule has 0 aliphatic rings. The molecule has 0 atom stereocenters. The zero-order valence-electron chi connectivity index (χ0n) is 30.6. The van der Waals surface area contributed by atoms with Crippen LogP contribution in [0.5, 0.6) is 0 Å². The van der Waals surface area contributed by atoms with Gasteiger partial charge in [0, 0.05) is 54.5 Å². The van der Waals surface area contributed by atoms with Crippen LogP contribution in [0.3, 0.4) is 0 Å². The van der Waals surface area contributed by atoms with Gasteiger partial charge in [0.15, 0.2) is 5.78 Å². The summed E-state index contributed by atoms with van der Waals surface area (Å²) in [6.45, 7) is 19.1. The van der Waals surface area contributed by atoms with E-state index in [1.165, 1.54) is 44.0 Å². The number of aromatic nitrogens is 2. The van der Waals surface area contributed by atoms with E-state index in [0.29, 0.717) is 0 Å². The molecule has 6 rings (SSSR count). The van der Waals surface area contributed by atoms with Crippen LogP contribution < -0.4 is 0 Å². The maximum absolute atomic E-state index is 11.7. The first kappa shape index (κ1) is 38.1. The Labute approximate surface area is 306 Å². The Morgan fingerprint density at radius 1 is 0.776 bits per heavy atom. The first-order chi connectivity index (χ1) is 22.9. The summed E-state index contributed by atoms with van der Waals surface area (Å²) in [7, 11) is 0. The zero-order valence-corrected chi connectivity index (χ0v) is 33.0. The third-order valence-corrected chi connectivity index (χ3v) is 9.52. The smallest absolute Gasteiger partial charge is 0.162 e. The van der Waals surface area contributed by atoms with Crippen LogP contribution in [-0.2, 0) is 31.3 Å². The summed E-state index contributed by atoms with van der Waals surface area (Å²) in [4.78, 5) is 21.9. The molecule has 1 N–H and O–H groups in total. The Bertz CT molecular complexity index is 2080. The summed E-state index contributed by atoms with van der Waals surface area (Å²) in [6.07, 6.45) is 5.84. The van der Waals surface area contributed by atoms with Crippen molar-refractivity contribution >= 4 is 49.1 Å². The van der Waals surface area contributed by atoms with Crippen molar-refractivity contribution in [3.05, 3.63) is 95.4 Å². The SMILES string of the molecule is CCC(CC)C(=O)/C=C(\O)C(CC)CC.Cc1[c-]c(-c2cc3c4cc(CC(C)(C)C)nc5cccc(c6cccc(n2)c63)c54)cc(C)c1.[Ir]. The Kier molecular flexibility index (Phi) is 12.4. The molecule has 0 fully saturated rings. The molecule has 4 aromatic carbocycles. The van der Waals surface area contributed by atoms with Crippen LogP contribution in [0.25, 0.3) is 54.6 Å². The molecular weight excluding hydrogens is 781 g/mol. The van der Waals surface area contributed by atoms with Gasteiger partial charge in [-0.3, -0.25) is 14.8 Å². The van der Waals surface area contributed by atoms with E-state index < -0.39 is 0 Å². The summed E-state index contributed by atoms with van der Waals surface area (Å²) in [5, 5.41) is 17.3. The van der Waals surface area contributed by atoms with E-state index in [1.807, 2.05) is 27.7 Å². The molecule has 4 nitrogen and oxygen atoms in total. The first-order valence-electron chi connectivity index (χ1n) is 17.7. The maximum Gasteiger partial charge on any atom is 0.162 e. The maximum atomic E-state index is 11.7. The topological polar surface area (TPSA) is 63.1 Å². The van der Waals surface area contributed by atoms with Gasteiger partial charge >= 0.3 is 0 Å². The molecule has 5 heteroatoms. The van der Waals surface area contributed by atoms with Gasteiger partial charge in [-0.15, -0.1) is 34.9 Å². The molecular formula is C44H51IrN2O2-. The number of benzene rings is 4. The van der Waals surface area contributed by atoms with Gasteiger partial charge in [0.25, 0.3) is 0 Å². The number of nitrogens with zero attached hydrogens (tertiary/aromatic N) is 2. The summed E-state index contributed by atoms with van der Waals surface area (Å²) in [5.41, 5.74) is 7.81. The molecule has 0 spiro atoms.